The molecule has 1 amide bonds. The van der Waals surface area contributed by atoms with Crippen LogP contribution in [0.15, 0.2) is 48.5 Å². The van der Waals surface area contributed by atoms with Gasteiger partial charge in [-0.2, -0.15) is 0 Å². The summed E-state index contributed by atoms with van der Waals surface area (Å²) in [6.07, 6.45) is 1.94. The van der Waals surface area contributed by atoms with E-state index in [1.165, 1.54) is 5.56 Å². The van der Waals surface area contributed by atoms with Crippen molar-refractivity contribution in [1.82, 2.24) is 0 Å². The molecule has 0 saturated carbocycles. The van der Waals surface area contributed by atoms with Crippen LogP contribution in [0.25, 0.3) is 0 Å². The molecule has 1 aliphatic heterocycles. The van der Waals surface area contributed by atoms with Crippen LogP contribution in [0.1, 0.15) is 12.0 Å². The molecule has 0 spiro atoms. The average molecular weight is 283 g/mol. The minimum absolute atomic E-state index is 0.0737. The van der Waals surface area contributed by atoms with E-state index in [4.69, 9.17) is 9.47 Å². The smallest absolute Gasteiger partial charge is 0.262 e. The molecule has 0 radical (unpaired) electrons. The molecular weight excluding hydrogens is 266 g/mol. The quantitative estimate of drug-likeness (QED) is 0.858. The molecule has 4 nitrogen and oxygen atoms in total. The van der Waals surface area contributed by atoms with Crippen LogP contribution >= 0.6 is 0 Å². The number of amides is 1. The van der Waals surface area contributed by atoms with Crippen molar-refractivity contribution in [2.75, 3.05) is 18.5 Å². The Bertz CT molecular complexity index is 625. The van der Waals surface area contributed by atoms with Crippen molar-refractivity contribution in [2.45, 2.75) is 12.8 Å². The minimum Gasteiger partial charge on any atom is -0.494 e. The summed E-state index contributed by atoms with van der Waals surface area (Å²) in [6.45, 7) is 0.715. The zero-order chi connectivity index (χ0) is 14.5. The van der Waals surface area contributed by atoms with Gasteiger partial charge in [-0.1, -0.05) is 30.3 Å². The molecular formula is C17H17NO3. The summed E-state index contributed by atoms with van der Waals surface area (Å²) < 4.78 is 11.0. The fourth-order valence-corrected chi connectivity index (χ4v) is 2.26. The Hall–Kier alpha value is -2.49. The number of carbonyl (C=O) groups excluding carboxylic acids is 1. The van der Waals surface area contributed by atoms with Gasteiger partial charge < -0.3 is 14.8 Å². The first-order valence-electron chi connectivity index (χ1n) is 7.05. The van der Waals surface area contributed by atoms with E-state index in [0.717, 1.165) is 18.6 Å². The largest absolute Gasteiger partial charge is 0.494 e. The Kier molecular flexibility index (Phi) is 4.05. The van der Waals surface area contributed by atoms with E-state index in [2.05, 4.69) is 17.4 Å². The molecule has 2 aromatic carbocycles. The average Bonchev–Trinajstić information content (AvgIpc) is 2.52. The predicted molar refractivity (Wildman–Crippen MR) is 80.8 cm³/mol. The van der Waals surface area contributed by atoms with Gasteiger partial charge in [-0.05, 0) is 30.5 Å². The SMILES string of the molecule is O=C1COc2ccc(OCCCc3ccccc3)cc2N1. The maximum atomic E-state index is 11.3. The molecule has 0 fully saturated rings. The first-order valence-corrected chi connectivity index (χ1v) is 7.05. The fraction of sp³-hybridized carbons (Fsp3) is 0.235. The lowest BCUT2D eigenvalue weighted by atomic mass is 10.1. The molecule has 1 heterocycles. The van der Waals surface area contributed by atoms with E-state index >= 15 is 0 Å². The maximum absolute atomic E-state index is 11.3. The van der Waals surface area contributed by atoms with Crippen molar-refractivity contribution >= 4 is 11.6 Å². The molecule has 21 heavy (non-hydrogen) atoms. The molecule has 0 aromatic heterocycles. The van der Waals surface area contributed by atoms with Gasteiger partial charge in [-0.15, -0.1) is 0 Å². The van der Waals surface area contributed by atoms with Crippen LogP contribution in [0.5, 0.6) is 11.5 Å². The van der Waals surface area contributed by atoms with Crippen LogP contribution < -0.4 is 14.8 Å². The molecule has 108 valence electrons. The fourth-order valence-electron chi connectivity index (χ4n) is 2.26. The van der Waals surface area contributed by atoms with Crippen LogP contribution in [0.4, 0.5) is 5.69 Å². The Morgan fingerprint density at radius 2 is 2.00 bits per heavy atom. The van der Waals surface area contributed by atoms with Crippen molar-refractivity contribution in [2.24, 2.45) is 0 Å². The van der Waals surface area contributed by atoms with Crippen LogP contribution in [0, 0.1) is 0 Å². The lowest BCUT2D eigenvalue weighted by molar-refractivity contribution is -0.118. The lowest BCUT2D eigenvalue weighted by Crippen LogP contribution is -2.25. The number of benzene rings is 2. The number of ether oxygens (including phenoxy) is 2. The summed E-state index contributed by atoms with van der Waals surface area (Å²) in [5.74, 6) is 1.29. The van der Waals surface area contributed by atoms with E-state index in [1.54, 1.807) is 6.07 Å². The molecule has 4 heteroatoms. The number of carbonyl (C=O) groups is 1. The van der Waals surface area contributed by atoms with Crippen molar-refractivity contribution in [1.29, 1.82) is 0 Å². The molecule has 0 saturated heterocycles. The third kappa shape index (κ3) is 3.54. The number of fused-ring (bicyclic) bond motifs is 1. The molecule has 0 unspecified atom stereocenters. The van der Waals surface area contributed by atoms with Gasteiger partial charge in [0.2, 0.25) is 0 Å². The predicted octanol–water partition coefficient (Wildman–Crippen LogP) is 3.03. The summed E-state index contributed by atoms with van der Waals surface area (Å²) in [7, 11) is 0. The highest BCUT2D eigenvalue weighted by molar-refractivity contribution is 5.95. The van der Waals surface area contributed by atoms with E-state index < -0.39 is 0 Å². The Balaban J connectivity index is 1.52. The van der Waals surface area contributed by atoms with Gasteiger partial charge in [0.15, 0.2) is 6.61 Å². The Morgan fingerprint density at radius 1 is 1.14 bits per heavy atom. The third-order valence-electron chi connectivity index (χ3n) is 3.31. The highest BCUT2D eigenvalue weighted by Gasteiger charge is 2.16. The third-order valence-corrected chi connectivity index (χ3v) is 3.31. The highest BCUT2D eigenvalue weighted by atomic mass is 16.5. The highest BCUT2D eigenvalue weighted by Crippen LogP contribution is 2.31. The minimum atomic E-state index is -0.135. The van der Waals surface area contributed by atoms with Crippen LogP contribution in [-0.2, 0) is 11.2 Å². The number of aryl methyl sites for hydroxylation is 1. The maximum Gasteiger partial charge on any atom is 0.262 e. The van der Waals surface area contributed by atoms with Crippen molar-refractivity contribution in [3.8, 4) is 11.5 Å². The number of hydrogen-bond acceptors (Lipinski definition) is 3. The van der Waals surface area contributed by atoms with Crippen molar-refractivity contribution in [3.63, 3.8) is 0 Å². The Labute approximate surface area is 123 Å². The van der Waals surface area contributed by atoms with Crippen LogP contribution in [0.2, 0.25) is 0 Å². The standard InChI is InChI=1S/C17H17NO3/c19-17-12-21-16-9-8-14(11-15(16)18-17)20-10-4-7-13-5-2-1-3-6-13/h1-3,5-6,8-9,11H,4,7,10,12H2,(H,18,19). The van der Waals surface area contributed by atoms with Crippen molar-refractivity contribution in [3.05, 3.63) is 54.1 Å². The number of hydrogen-bond donors (Lipinski definition) is 1. The lowest BCUT2D eigenvalue weighted by Gasteiger charge is -2.18. The van der Waals surface area contributed by atoms with Crippen LogP contribution in [-0.4, -0.2) is 19.1 Å². The second kappa shape index (κ2) is 6.31. The Morgan fingerprint density at radius 3 is 2.86 bits per heavy atom. The van der Waals surface area contributed by atoms with Gasteiger partial charge in [-0.25, -0.2) is 0 Å². The van der Waals surface area contributed by atoms with Gasteiger partial charge in [-0.3, -0.25) is 4.79 Å². The summed E-state index contributed by atoms with van der Waals surface area (Å²) in [4.78, 5) is 11.3. The number of rotatable bonds is 5. The summed E-state index contributed by atoms with van der Waals surface area (Å²) in [6, 6.07) is 15.8. The first-order chi connectivity index (χ1) is 10.3. The monoisotopic (exact) mass is 283 g/mol. The molecule has 0 atom stereocenters. The van der Waals surface area contributed by atoms with Crippen LogP contribution in [0.3, 0.4) is 0 Å². The van der Waals surface area contributed by atoms with E-state index in [1.807, 2.05) is 30.3 Å². The number of nitrogens with one attached hydrogen (secondary N) is 1. The summed E-state index contributed by atoms with van der Waals surface area (Å²) in [5, 5.41) is 2.77. The summed E-state index contributed by atoms with van der Waals surface area (Å²) in [5.41, 5.74) is 1.99. The molecule has 2 aromatic rings. The normalized spacial score (nSPS) is 13.0. The van der Waals surface area contributed by atoms with E-state index in [0.29, 0.717) is 18.0 Å². The van der Waals surface area contributed by atoms with Gasteiger partial charge >= 0.3 is 0 Å². The van der Waals surface area contributed by atoms with Gasteiger partial charge in [0, 0.05) is 6.07 Å². The molecule has 0 aliphatic carbocycles. The van der Waals surface area contributed by atoms with Gasteiger partial charge in [0.25, 0.3) is 5.91 Å². The molecule has 1 aliphatic rings. The number of anilines is 1. The molecule has 1 N–H and O–H groups in total. The summed E-state index contributed by atoms with van der Waals surface area (Å²) >= 11 is 0. The zero-order valence-corrected chi connectivity index (χ0v) is 11.7. The van der Waals surface area contributed by atoms with Crippen molar-refractivity contribution < 1.29 is 14.3 Å². The zero-order valence-electron chi connectivity index (χ0n) is 11.7. The molecule has 0 bridgehead atoms. The van der Waals surface area contributed by atoms with Gasteiger partial charge in [0.1, 0.15) is 11.5 Å². The second-order valence-electron chi connectivity index (χ2n) is 4.93. The second-order valence-corrected chi connectivity index (χ2v) is 4.93. The molecule has 3 rings (SSSR count). The van der Waals surface area contributed by atoms with E-state index in [9.17, 15) is 4.79 Å². The first kappa shape index (κ1) is 13.5. The topological polar surface area (TPSA) is 47.6 Å². The van der Waals surface area contributed by atoms with Gasteiger partial charge in [0.05, 0.1) is 12.3 Å². The van der Waals surface area contributed by atoms with E-state index in [-0.39, 0.29) is 12.5 Å².